The predicted octanol–water partition coefficient (Wildman–Crippen LogP) is 3.04. The third-order valence-corrected chi connectivity index (χ3v) is 3.37. The smallest absolute Gasteiger partial charge is 0.203 e. The van der Waals surface area contributed by atoms with Crippen LogP contribution in [0.15, 0.2) is 55.4 Å². The number of hydrogen-bond donors (Lipinski definition) is 1. The van der Waals surface area contributed by atoms with Crippen LogP contribution in [0.25, 0.3) is 0 Å². The lowest BCUT2D eigenvalue weighted by molar-refractivity contribution is 0.816. The van der Waals surface area contributed by atoms with Gasteiger partial charge in [-0.1, -0.05) is 36.4 Å². The van der Waals surface area contributed by atoms with Crippen LogP contribution in [0.2, 0.25) is 0 Å². The number of anilines is 1. The zero-order valence-electron chi connectivity index (χ0n) is 10.3. The molecule has 1 saturated carbocycles. The normalized spacial score (nSPS) is 21.6. The molecule has 3 rings (SSSR count). The molecule has 3 heteroatoms. The lowest BCUT2D eigenvalue weighted by Gasteiger charge is -2.07. The third-order valence-electron chi connectivity index (χ3n) is 3.37. The van der Waals surface area contributed by atoms with E-state index in [1.807, 2.05) is 18.5 Å². The Morgan fingerprint density at radius 1 is 1.39 bits per heavy atom. The lowest BCUT2D eigenvalue weighted by Crippen LogP contribution is -2.10. The van der Waals surface area contributed by atoms with E-state index in [2.05, 4.69) is 51.8 Å². The van der Waals surface area contributed by atoms with E-state index in [0.717, 1.165) is 12.5 Å². The Bertz CT molecular complexity index is 530. The molecule has 2 unspecified atom stereocenters. The highest BCUT2D eigenvalue weighted by atomic mass is 15.2. The van der Waals surface area contributed by atoms with Crippen LogP contribution in [0, 0.1) is 0 Å². The van der Waals surface area contributed by atoms with Gasteiger partial charge in [-0.05, 0) is 12.0 Å². The first-order valence-electron chi connectivity index (χ1n) is 6.32. The molecule has 1 heterocycles. The van der Waals surface area contributed by atoms with Gasteiger partial charge in [-0.25, -0.2) is 4.98 Å². The maximum atomic E-state index is 4.35. The van der Waals surface area contributed by atoms with E-state index in [-0.39, 0.29) is 0 Å². The third kappa shape index (κ3) is 2.16. The second-order valence-electron chi connectivity index (χ2n) is 4.70. The first-order valence-corrected chi connectivity index (χ1v) is 6.32. The summed E-state index contributed by atoms with van der Waals surface area (Å²) in [5, 5.41) is 3.50. The number of benzene rings is 1. The Morgan fingerprint density at radius 2 is 2.22 bits per heavy atom. The Labute approximate surface area is 107 Å². The van der Waals surface area contributed by atoms with E-state index < -0.39 is 0 Å². The van der Waals surface area contributed by atoms with Gasteiger partial charge in [0.1, 0.15) is 0 Å². The average molecular weight is 239 g/mol. The van der Waals surface area contributed by atoms with E-state index in [4.69, 9.17) is 0 Å². The second kappa shape index (κ2) is 4.69. The van der Waals surface area contributed by atoms with Crippen molar-refractivity contribution in [3.63, 3.8) is 0 Å². The van der Waals surface area contributed by atoms with Gasteiger partial charge in [-0.15, -0.1) is 6.58 Å². The topological polar surface area (TPSA) is 29.9 Å². The largest absolute Gasteiger partial charge is 0.352 e. The molecule has 0 bridgehead atoms. The summed E-state index contributed by atoms with van der Waals surface area (Å²) in [4.78, 5) is 4.35. The van der Waals surface area contributed by atoms with E-state index in [0.29, 0.717) is 12.0 Å². The number of imidazole rings is 1. The lowest BCUT2D eigenvalue weighted by atomic mass is 10.1. The fourth-order valence-corrected chi connectivity index (χ4v) is 2.32. The average Bonchev–Trinajstić information content (AvgIpc) is 3.04. The maximum Gasteiger partial charge on any atom is 0.203 e. The molecular formula is C15H17N3. The van der Waals surface area contributed by atoms with Crippen LogP contribution in [0.3, 0.4) is 0 Å². The van der Waals surface area contributed by atoms with Gasteiger partial charge in [0.25, 0.3) is 0 Å². The highest BCUT2D eigenvalue weighted by molar-refractivity contribution is 5.37. The first-order chi connectivity index (χ1) is 8.88. The predicted molar refractivity (Wildman–Crippen MR) is 73.6 cm³/mol. The zero-order chi connectivity index (χ0) is 12.4. The van der Waals surface area contributed by atoms with Gasteiger partial charge >= 0.3 is 0 Å². The standard InChI is InChI=1S/C15H17N3/c1-2-9-18-10-8-16-15(18)17-14-11-13(14)12-6-4-3-5-7-12/h2-8,10,13-14H,1,9,11H2,(H,16,17). The first kappa shape index (κ1) is 11.1. The summed E-state index contributed by atoms with van der Waals surface area (Å²) in [5.41, 5.74) is 1.41. The molecule has 0 spiro atoms. The van der Waals surface area contributed by atoms with Crippen LogP contribution in [0.4, 0.5) is 5.95 Å². The van der Waals surface area contributed by atoms with Gasteiger partial charge in [-0.3, -0.25) is 0 Å². The van der Waals surface area contributed by atoms with Crippen molar-refractivity contribution in [2.45, 2.75) is 24.9 Å². The summed E-state index contributed by atoms with van der Waals surface area (Å²) in [6.07, 6.45) is 6.87. The molecular weight excluding hydrogens is 222 g/mol. The Morgan fingerprint density at radius 3 is 3.00 bits per heavy atom. The number of allylic oxidation sites excluding steroid dienone is 1. The number of nitrogens with zero attached hydrogens (tertiary/aromatic N) is 2. The summed E-state index contributed by atoms with van der Waals surface area (Å²) in [6, 6.07) is 11.2. The molecule has 1 aliphatic rings. The summed E-state index contributed by atoms with van der Waals surface area (Å²) in [7, 11) is 0. The molecule has 92 valence electrons. The molecule has 1 N–H and O–H groups in total. The van der Waals surface area contributed by atoms with E-state index >= 15 is 0 Å². The van der Waals surface area contributed by atoms with Crippen molar-refractivity contribution >= 4 is 5.95 Å². The Hall–Kier alpha value is -2.03. The highest BCUT2D eigenvalue weighted by Gasteiger charge is 2.38. The van der Waals surface area contributed by atoms with Crippen LogP contribution < -0.4 is 5.32 Å². The minimum atomic E-state index is 0.512. The van der Waals surface area contributed by atoms with Crippen LogP contribution in [0.5, 0.6) is 0 Å². The number of hydrogen-bond acceptors (Lipinski definition) is 2. The maximum absolute atomic E-state index is 4.35. The molecule has 2 aromatic rings. The minimum Gasteiger partial charge on any atom is -0.352 e. The second-order valence-corrected chi connectivity index (χ2v) is 4.70. The summed E-state index contributed by atoms with van der Waals surface area (Å²) >= 11 is 0. The van der Waals surface area contributed by atoms with E-state index in [1.54, 1.807) is 0 Å². The zero-order valence-corrected chi connectivity index (χ0v) is 10.3. The fraction of sp³-hybridized carbons (Fsp3) is 0.267. The minimum absolute atomic E-state index is 0.512. The molecule has 0 aliphatic heterocycles. The molecule has 1 aromatic carbocycles. The van der Waals surface area contributed by atoms with Gasteiger partial charge in [0.2, 0.25) is 5.95 Å². The van der Waals surface area contributed by atoms with Gasteiger partial charge in [0.15, 0.2) is 0 Å². The van der Waals surface area contributed by atoms with Gasteiger partial charge in [-0.2, -0.15) is 0 Å². The molecule has 0 radical (unpaired) electrons. The summed E-state index contributed by atoms with van der Waals surface area (Å²) < 4.78 is 2.08. The van der Waals surface area contributed by atoms with Crippen LogP contribution >= 0.6 is 0 Å². The van der Waals surface area contributed by atoms with Crippen LogP contribution in [0.1, 0.15) is 17.9 Å². The molecule has 0 amide bonds. The van der Waals surface area contributed by atoms with Crippen LogP contribution in [-0.2, 0) is 6.54 Å². The van der Waals surface area contributed by atoms with Crippen molar-refractivity contribution in [1.29, 1.82) is 0 Å². The van der Waals surface area contributed by atoms with Crippen molar-refractivity contribution in [1.82, 2.24) is 9.55 Å². The molecule has 18 heavy (non-hydrogen) atoms. The quantitative estimate of drug-likeness (QED) is 0.813. The summed E-state index contributed by atoms with van der Waals surface area (Å²) in [5.74, 6) is 1.57. The van der Waals surface area contributed by atoms with Crippen molar-refractivity contribution in [3.8, 4) is 0 Å². The number of rotatable bonds is 5. The van der Waals surface area contributed by atoms with E-state index in [1.165, 1.54) is 12.0 Å². The van der Waals surface area contributed by atoms with Gasteiger partial charge < -0.3 is 9.88 Å². The van der Waals surface area contributed by atoms with Crippen molar-refractivity contribution < 1.29 is 0 Å². The molecule has 0 saturated heterocycles. The molecule has 1 aliphatic carbocycles. The monoisotopic (exact) mass is 239 g/mol. The number of aromatic nitrogens is 2. The van der Waals surface area contributed by atoms with Gasteiger partial charge in [0.05, 0.1) is 0 Å². The molecule has 3 nitrogen and oxygen atoms in total. The molecule has 1 fully saturated rings. The van der Waals surface area contributed by atoms with Crippen molar-refractivity contribution in [2.24, 2.45) is 0 Å². The van der Waals surface area contributed by atoms with Gasteiger partial charge in [0, 0.05) is 30.9 Å². The molecule has 1 aromatic heterocycles. The van der Waals surface area contributed by atoms with E-state index in [9.17, 15) is 0 Å². The SMILES string of the molecule is C=CCn1ccnc1NC1CC1c1ccccc1. The number of nitrogens with one attached hydrogen (secondary N) is 1. The van der Waals surface area contributed by atoms with Crippen LogP contribution in [-0.4, -0.2) is 15.6 Å². The Balaban J connectivity index is 1.66. The Kier molecular flexibility index (Phi) is 2.89. The fourth-order valence-electron chi connectivity index (χ4n) is 2.32. The molecule has 2 atom stereocenters. The van der Waals surface area contributed by atoms with Crippen molar-refractivity contribution in [3.05, 3.63) is 60.9 Å². The summed E-state index contributed by atoms with van der Waals surface area (Å²) in [6.45, 7) is 4.55. The van der Waals surface area contributed by atoms with Crippen molar-refractivity contribution in [2.75, 3.05) is 5.32 Å². The highest BCUT2D eigenvalue weighted by Crippen LogP contribution is 2.42.